The van der Waals surface area contributed by atoms with Crippen LogP contribution in [0.15, 0.2) is 36.5 Å². The van der Waals surface area contributed by atoms with Gasteiger partial charge >= 0.3 is 0 Å². The molecule has 0 saturated heterocycles. The minimum absolute atomic E-state index is 0.232. The molecule has 1 saturated carbocycles. The molecule has 1 fully saturated rings. The predicted octanol–water partition coefficient (Wildman–Crippen LogP) is 3.86. The molecule has 1 heterocycles. The van der Waals surface area contributed by atoms with Gasteiger partial charge in [0.25, 0.3) is 5.91 Å². The number of pyridine rings is 1. The summed E-state index contributed by atoms with van der Waals surface area (Å²) in [4.78, 5) is 19.0. The van der Waals surface area contributed by atoms with Crippen molar-refractivity contribution in [2.24, 2.45) is 0 Å². The summed E-state index contributed by atoms with van der Waals surface area (Å²) >= 11 is 0. The van der Waals surface area contributed by atoms with E-state index in [9.17, 15) is 14.3 Å². The monoisotopic (exact) mass is 440 g/mol. The fourth-order valence-electron chi connectivity index (χ4n) is 3.74. The number of halogens is 1. The number of aromatic nitrogens is 1. The Morgan fingerprint density at radius 3 is 2.66 bits per heavy atom. The van der Waals surface area contributed by atoms with Crippen LogP contribution in [0.4, 0.5) is 10.2 Å². The number of rotatable bonds is 8. The SMILES string of the molecule is Cc1ccc(C(=O)N[C@H]2CCCC[C@@H]2O)cc1/C=C(\F)c1ccc(NCCN(C)C)nc1. The lowest BCUT2D eigenvalue weighted by atomic mass is 9.92. The topological polar surface area (TPSA) is 77.5 Å². The molecule has 3 N–H and O–H groups in total. The highest BCUT2D eigenvalue weighted by Crippen LogP contribution is 2.23. The first-order valence-corrected chi connectivity index (χ1v) is 11.2. The number of anilines is 1. The molecule has 0 unspecified atom stereocenters. The first kappa shape index (κ1) is 23.9. The number of carbonyl (C=O) groups excluding carboxylic acids is 1. The molecule has 7 heteroatoms. The number of likely N-dealkylation sites (N-methyl/N-ethyl adjacent to an activating group) is 1. The first-order valence-electron chi connectivity index (χ1n) is 11.2. The molecule has 1 aliphatic carbocycles. The number of benzene rings is 1. The maximum absolute atomic E-state index is 14.9. The van der Waals surface area contributed by atoms with Crippen LogP contribution in [0.3, 0.4) is 0 Å². The van der Waals surface area contributed by atoms with Crippen LogP contribution in [0.2, 0.25) is 0 Å². The van der Waals surface area contributed by atoms with Gasteiger partial charge in [-0.1, -0.05) is 18.9 Å². The Balaban J connectivity index is 1.69. The summed E-state index contributed by atoms with van der Waals surface area (Å²) < 4.78 is 14.9. The summed E-state index contributed by atoms with van der Waals surface area (Å²) in [6.07, 6.45) is 5.87. The molecule has 172 valence electrons. The van der Waals surface area contributed by atoms with E-state index in [1.54, 1.807) is 30.3 Å². The van der Waals surface area contributed by atoms with E-state index >= 15 is 0 Å². The molecule has 3 rings (SSSR count). The van der Waals surface area contributed by atoms with Crippen molar-refractivity contribution < 1.29 is 14.3 Å². The van der Waals surface area contributed by atoms with Crippen molar-refractivity contribution in [3.8, 4) is 0 Å². The molecule has 1 amide bonds. The second kappa shape index (κ2) is 11.2. The first-order chi connectivity index (χ1) is 15.3. The molecule has 2 atom stereocenters. The minimum atomic E-state index is -0.511. The summed E-state index contributed by atoms with van der Waals surface area (Å²) in [5.74, 6) is 0.0321. The molecule has 0 aliphatic heterocycles. The maximum Gasteiger partial charge on any atom is 0.251 e. The number of aliphatic hydroxyl groups excluding tert-OH is 1. The van der Waals surface area contributed by atoms with Crippen molar-refractivity contribution in [3.05, 3.63) is 58.8 Å². The van der Waals surface area contributed by atoms with Crippen LogP contribution in [0.25, 0.3) is 11.9 Å². The zero-order valence-corrected chi connectivity index (χ0v) is 19.1. The third-order valence-corrected chi connectivity index (χ3v) is 5.77. The van der Waals surface area contributed by atoms with Gasteiger partial charge in [-0.3, -0.25) is 4.79 Å². The minimum Gasteiger partial charge on any atom is -0.391 e. The molecular weight excluding hydrogens is 407 g/mol. The fraction of sp³-hybridized carbons (Fsp3) is 0.440. The highest BCUT2D eigenvalue weighted by molar-refractivity contribution is 5.95. The number of amides is 1. The molecule has 0 spiro atoms. The van der Waals surface area contributed by atoms with E-state index < -0.39 is 11.9 Å². The largest absolute Gasteiger partial charge is 0.391 e. The quantitative estimate of drug-likeness (QED) is 0.581. The highest BCUT2D eigenvalue weighted by atomic mass is 19.1. The number of nitrogens with zero attached hydrogens (tertiary/aromatic N) is 2. The summed E-state index contributed by atoms with van der Waals surface area (Å²) in [7, 11) is 4.00. The normalized spacial score (nSPS) is 19.1. The van der Waals surface area contributed by atoms with Gasteiger partial charge in [-0.15, -0.1) is 0 Å². The summed E-state index contributed by atoms with van der Waals surface area (Å²) in [5, 5.41) is 16.2. The smallest absolute Gasteiger partial charge is 0.251 e. The number of nitrogens with one attached hydrogen (secondary N) is 2. The lowest BCUT2D eigenvalue weighted by Gasteiger charge is -2.28. The fourth-order valence-corrected chi connectivity index (χ4v) is 3.74. The van der Waals surface area contributed by atoms with Crippen molar-refractivity contribution in [2.45, 2.75) is 44.8 Å². The Labute approximate surface area is 189 Å². The van der Waals surface area contributed by atoms with Crippen LogP contribution < -0.4 is 10.6 Å². The lowest BCUT2D eigenvalue weighted by Crippen LogP contribution is -2.45. The zero-order valence-electron chi connectivity index (χ0n) is 19.1. The number of carbonyl (C=O) groups is 1. The van der Waals surface area contributed by atoms with E-state index in [1.807, 2.05) is 21.0 Å². The van der Waals surface area contributed by atoms with Crippen LogP contribution in [-0.2, 0) is 0 Å². The Hall–Kier alpha value is -2.77. The van der Waals surface area contributed by atoms with Gasteiger partial charge in [-0.2, -0.15) is 0 Å². The van der Waals surface area contributed by atoms with Gasteiger partial charge in [0.15, 0.2) is 0 Å². The van der Waals surface area contributed by atoms with E-state index in [-0.39, 0.29) is 11.9 Å². The maximum atomic E-state index is 14.9. The van der Waals surface area contributed by atoms with Gasteiger partial charge in [0.2, 0.25) is 0 Å². The average molecular weight is 441 g/mol. The second-order valence-electron chi connectivity index (χ2n) is 8.66. The summed E-state index contributed by atoms with van der Waals surface area (Å²) in [6.45, 7) is 3.51. The Morgan fingerprint density at radius 1 is 1.22 bits per heavy atom. The van der Waals surface area contributed by atoms with Crippen LogP contribution in [0, 0.1) is 6.92 Å². The standard InChI is InChI=1S/C25H33FN4O2/c1-17-8-9-18(25(32)29-22-6-4-5-7-23(22)31)14-20(17)15-21(26)19-10-11-24(28-16-19)27-12-13-30(2)3/h8-11,14-16,22-23,31H,4-7,12-13H2,1-3H3,(H,27,28)(H,29,32)/b21-15-/t22-,23-/m0/s1. The Bertz CT molecular complexity index is 943. The molecule has 6 nitrogen and oxygen atoms in total. The van der Waals surface area contributed by atoms with Crippen LogP contribution in [-0.4, -0.2) is 60.2 Å². The average Bonchev–Trinajstić information content (AvgIpc) is 2.77. The van der Waals surface area contributed by atoms with E-state index in [0.29, 0.717) is 28.9 Å². The van der Waals surface area contributed by atoms with Crippen molar-refractivity contribution in [1.29, 1.82) is 0 Å². The molecule has 2 aromatic rings. The third kappa shape index (κ3) is 6.61. The van der Waals surface area contributed by atoms with Gasteiger partial charge in [0.05, 0.1) is 12.1 Å². The Kier molecular flexibility index (Phi) is 8.36. The number of hydrogen-bond acceptors (Lipinski definition) is 5. The highest BCUT2D eigenvalue weighted by Gasteiger charge is 2.25. The van der Waals surface area contributed by atoms with E-state index in [1.165, 1.54) is 12.3 Å². The van der Waals surface area contributed by atoms with Crippen molar-refractivity contribution in [3.63, 3.8) is 0 Å². The molecule has 0 radical (unpaired) electrons. The second-order valence-corrected chi connectivity index (χ2v) is 8.66. The van der Waals surface area contributed by atoms with Gasteiger partial charge < -0.3 is 20.6 Å². The van der Waals surface area contributed by atoms with Crippen LogP contribution in [0.5, 0.6) is 0 Å². The van der Waals surface area contributed by atoms with Crippen molar-refractivity contribution >= 4 is 23.6 Å². The molecule has 1 aliphatic rings. The molecule has 0 bridgehead atoms. The lowest BCUT2D eigenvalue weighted by molar-refractivity contribution is 0.0717. The van der Waals surface area contributed by atoms with Crippen LogP contribution >= 0.6 is 0 Å². The van der Waals surface area contributed by atoms with E-state index in [2.05, 4.69) is 20.5 Å². The van der Waals surface area contributed by atoms with Crippen molar-refractivity contribution in [1.82, 2.24) is 15.2 Å². The van der Waals surface area contributed by atoms with Crippen molar-refractivity contribution in [2.75, 3.05) is 32.5 Å². The van der Waals surface area contributed by atoms with Gasteiger partial charge in [0, 0.05) is 30.4 Å². The van der Waals surface area contributed by atoms with Crippen LogP contribution in [0.1, 0.15) is 52.7 Å². The molecule has 1 aromatic carbocycles. The summed E-state index contributed by atoms with van der Waals surface area (Å²) in [5.41, 5.74) is 2.32. The van der Waals surface area contributed by atoms with Gasteiger partial charge in [-0.25, -0.2) is 9.37 Å². The van der Waals surface area contributed by atoms with Gasteiger partial charge in [-0.05, 0) is 75.3 Å². The molecule has 1 aromatic heterocycles. The Morgan fingerprint density at radius 2 is 1.97 bits per heavy atom. The van der Waals surface area contributed by atoms with E-state index in [0.717, 1.165) is 37.9 Å². The predicted molar refractivity (Wildman–Crippen MR) is 127 cm³/mol. The number of aryl methyl sites for hydroxylation is 1. The summed E-state index contributed by atoms with van der Waals surface area (Å²) in [6, 6.07) is 8.43. The zero-order chi connectivity index (χ0) is 23.1. The molecule has 32 heavy (non-hydrogen) atoms. The van der Waals surface area contributed by atoms with E-state index in [4.69, 9.17) is 0 Å². The number of aliphatic hydroxyl groups is 1. The number of hydrogen-bond donors (Lipinski definition) is 3. The molecular formula is C25H33FN4O2. The van der Waals surface area contributed by atoms with Gasteiger partial charge in [0.1, 0.15) is 11.6 Å². The third-order valence-electron chi connectivity index (χ3n) is 5.77.